The van der Waals surface area contributed by atoms with Crippen molar-refractivity contribution in [3.8, 4) is 11.5 Å². The Bertz CT molecular complexity index is 476. The monoisotopic (exact) mass is 291 g/mol. The molecule has 1 fully saturated rings. The van der Waals surface area contributed by atoms with Crippen molar-refractivity contribution in [2.24, 2.45) is 5.73 Å². The molecule has 0 spiro atoms. The summed E-state index contributed by atoms with van der Waals surface area (Å²) < 4.78 is 11.4. The second-order valence-corrected chi connectivity index (χ2v) is 6.46. The zero-order valence-corrected chi connectivity index (χ0v) is 13.9. The molecule has 1 aromatic rings. The first-order valence-corrected chi connectivity index (χ1v) is 8.05. The summed E-state index contributed by atoms with van der Waals surface area (Å²) in [5, 5.41) is 0. The predicted molar refractivity (Wildman–Crippen MR) is 87.5 cm³/mol. The summed E-state index contributed by atoms with van der Waals surface area (Å²) in [5.74, 6) is 2.25. The Hall–Kier alpha value is -1.22. The number of rotatable bonds is 5. The van der Waals surface area contributed by atoms with Crippen LogP contribution in [0, 0.1) is 0 Å². The number of ether oxygens (including phenoxy) is 2. The topological polar surface area (TPSA) is 44.5 Å². The van der Waals surface area contributed by atoms with Gasteiger partial charge in [0.15, 0.2) is 0 Å². The van der Waals surface area contributed by atoms with Gasteiger partial charge in [0.1, 0.15) is 11.5 Å². The summed E-state index contributed by atoms with van der Waals surface area (Å²) in [6, 6.07) is 4.25. The first kappa shape index (κ1) is 16.2. The van der Waals surface area contributed by atoms with Crippen LogP contribution in [-0.4, -0.2) is 20.8 Å². The molecule has 0 aliphatic heterocycles. The highest BCUT2D eigenvalue weighted by Crippen LogP contribution is 2.47. The Labute approximate surface area is 128 Å². The largest absolute Gasteiger partial charge is 0.496 e. The maximum absolute atomic E-state index is 6.20. The molecule has 21 heavy (non-hydrogen) atoms. The molecule has 1 saturated carbocycles. The van der Waals surface area contributed by atoms with Crippen LogP contribution in [0.4, 0.5) is 0 Å². The Balaban J connectivity index is 2.60. The van der Waals surface area contributed by atoms with E-state index in [2.05, 4.69) is 26.0 Å². The molecule has 1 aliphatic rings. The van der Waals surface area contributed by atoms with Crippen molar-refractivity contribution in [2.45, 2.75) is 57.3 Å². The number of methoxy groups -OCH3 is 2. The van der Waals surface area contributed by atoms with Crippen LogP contribution in [0.25, 0.3) is 0 Å². The van der Waals surface area contributed by atoms with E-state index in [1.54, 1.807) is 14.2 Å². The molecule has 0 unspecified atom stereocenters. The predicted octanol–water partition coefficient (Wildman–Crippen LogP) is 3.99. The van der Waals surface area contributed by atoms with Gasteiger partial charge in [0.2, 0.25) is 0 Å². The van der Waals surface area contributed by atoms with Crippen molar-refractivity contribution in [2.75, 3.05) is 20.8 Å². The summed E-state index contributed by atoms with van der Waals surface area (Å²) in [7, 11) is 3.48. The Morgan fingerprint density at radius 1 is 1.10 bits per heavy atom. The molecule has 0 atom stereocenters. The molecule has 0 heterocycles. The molecule has 2 rings (SSSR count). The van der Waals surface area contributed by atoms with Gasteiger partial charge in [0.05, 0.1) is 14.2 Å². The van der Waals surface area contributed by atoms with Crippen LogP contribution in [0.15, 0.2) is 12.1 Å². The van der Waals surface area contributed by atoms with Gasteiger partial charge < -0.3 is 15.2 Å². The third kappa shape index (κ3) is 2.89. The van der Waals surface area contributed by atoms with E-state index in [1.165, 1.54) is 24.8 Å². The summed E-state index contributed by atoms with van der Waals surface area (Å²) >= 11 is 0. The van der Waals surface area contributed by atoms with Crippen LogP contribution in [0.5, 0.6) is 11.5 Å². The molecule has 0 saturated heterocycles. The minimum Gasteiger partial charge on any atom is -0.496 e. The maximum atomic E-state index is 6.20. The Kier molecular flexibility index (Phi) is 5.15. The average Bonchev–Trinajstić information content (AvgIpc) is 2.53. The van der Waals surface area contributed by atoms with Gasteiger partial charge in [-0.1, -0.05) is 39.2 Å². The van der Waals surface area contributed by atoms with E-state index < -0.39 is 0 Å². The van der Waals surface area contributed by atoms with Gasteiger partial charge in [-0.05, 0) is 24.8 Å². The van der Waals surface area contributed by atoms with E-state index in [0.29, 0.717) is 12.5 Å². The standard InChI is InChI=1S/C18H29NO2/c1-13(2)16-15(20-3)9-8-14(17(16)21-4)18(12-19)10-6-5-7-11-18/h8-9,13H,5-7,10-12,19H2,1-4H3. The van der Waals surface area contributed by atoms with Crippen molar-refractivity contribution in [3.63, 3.8) is 0 Å². The zero-order chi connectivity index (χ0) is 15.5. The lowest BCUT2D eigenvalue weighted by Crippen LogP contribution is -2.37. The molecule has 0 bridgehead atoms. The quantitative estimate of drug-likeness (QED) is 0.892. The molecule has 0 amide bonds. The summed E-state index contributed by atoms with van der Waals surface area (Å²) in [5.41, 5.74) is 8.71. The fraction of sp³-hybridized carbons (Fsp3) is 0.667. The lowest BCUT2D eigenvalue weighted by Gasteiger charge is -2.38. The number of benzene rings is 1. The number of nitrogens with two attached hydrogens (primary N) is 1. The zero-order valence-electron chi connectivity index (χ0n) is 13.9. The van der Waals surface area contributed by atoms with E-state index in [-0.39, 0.29) is 5.41 Å². The second kappa shape index (κ2) is 6.69. The van der Waals surface area contributed by atoms with E-state index in [4.69, 9.17) is 15.2 Å². The maximum Gasteiger partial charge on any atom is 0.129 e. The van der Waals surface area contributed by atoms with E-state index in [0.717, 1.165) is 29.9 Å². The Morgan fingerprint density at radius 2 is 1.76 bits per heavy atom. The van der Waals surface area contributed by atoms with Crippen LogP contribution in [0.2, 0.25) is 0 Å². The minimum atomic E-state index is 0.0690. The van der Waals surface area contributed by atoms with Gasteiger partial charge in [0, 0.05) is 23.1 Å². The van der Waals surface area contributed by atoms with Crippen LogP contribution in [-0.2, 0) is 5.41 Å². The van der Waals surface area contributed by atoms with E-state index in [1.807, 2.05) is 0 Å². The van der Waals surface area contributed by atoms with Gasteiger partial charge in [-0.2, -0.15) is 0 Å². The van der Waals surface area contributed by atoms with Crippen molar-refractivity contribution in [1.82, 2.24) is 0 Å². The molecular formula is C18H29NO2. The fourth-order valence-electron chi connectivity index (χ4n) is 3.76. The molecule has 3 nitrogen and oxygen atoms in total. The van der Waals surface area contributed by atoms with Crippen LogP contribution in [0.1, 0.15) is 63.0 Å². The molecule has 118 valence electrons. The third-order valence-corrected chi connectivity index (χ3v) is 4.93. The first-order valence-electron chi connectivity index (χ1n) is 8.05. The minimum absolute atomic E-state index is 0.0690. The number of hydrogen-bond acceptors (Lipinski definition) is 3. The highest BCUT2D eigenvalue weighted by molar-refractivity contribution is 5.54. The van der Waals surface area contributed by atoms with Gasteiger partial charge in [-0.25, -0.2) is 0 Å². The summed E-state index contributed by atoms with van der Waals surface area (Å²) in [6.45, 7) is 5.05. The van der Waals surface area contributed by atoms with Gasteiger partial charge in [0.25, 0.3) is 0 Å². The molecular weight excluding hydrogens is 262 g/mol. The molecule has 0 radical (unpaired) electrons. The van der Waals surface area contributed by atoms with Crippen LogP contribution in [0.3, 0.4) is 0 Å². The molecule has 1 aromatic carbocycles. The highest BCUT2D eigenvalue weighted by Gasteiger charge is 2.36. The molecule has 2 N–H and O–H groups in total. The lowest BCUT2D eigenvalue weighted by molar-refractivity contribution is 0.285. The fourth-order valence-corrected chi connectivity index (χ4v) is 3.76. The lowest BCUT2D eigenvalue weighted by atomic mass is 9.68. The van der Waals surface area contributed by atoms with Gasteiger partial charge in [-0.15, -0.1) is 0 Å². The smallest absolute Gasteiger partial charge is 0.129 e. The average molecular weight is 291 g/mol. The van der Waals surface area contributed by atoms with Crippen LogP contribution < -0.4 is 15.2 Å². The third-order valence-electron chi connectivity index (χ3n) is 4.93. The summed E-state index contributed by atoms with van der Waals surface area (Å²) in [4.78, 5) is 0. The van der Waals surface area contributed by atoms with Crippen molar-refractivity contribution in [1.29, 1.82) is 0 Å². The van der Waals surface area contributed by atoms with Gasteiger partial charge in [-0.3, -0.25) is 0 Å². The number of hydrogen-bond donors (Lipinski definition) is 1. The van der Waals surface area contributed by atoms with E-state index >= 15 is 0 Å². The summed E-state index contributed by atoms with van der Waals surface area (Å²) in [6.07, 6.45) is 6.14. The molecule has 3 heteroatoms. The normalized spacial score (nSPS) is 17.8. The second-order valence-electron chi connectivity index (χ2n) is 6.46. The SMILES string of the molecule is COc1ccc(C2(CN)CCCCC2)c(OC)c1C(C)C. The van der Waals surface area contributed by atoms with Crippen LogP contribution >= 0.6 is 0 Å². The Morgan fingerprint density at radius 3 is 2.24 bits per heavy atom. The highest BCUT2D eigenvalue weighted by atomic mass is 16.5. The molecule has 0 aromatic heterocycles. The first-order chi connectivity index (χ1) is 10.1. The van der Waals surface area contributed by atoms with Crippen molar-refractivity contribution < 1.29 is 9.47 Å². The molecule has 1 aliphatic carbocycles. The van der Waals surface area contributed by atoms with Crippen molar-refractivity contribution >= 4 is 0 Å². The van der Waals surface area contributed by atoms with E-state index in [9.17, 15) is 0 Å². The van der Waals surface area contributed by atoms with Crippen molar-refractivity contribution in [3.05, 3.63) is 23.3 Å². The van der Waals surface area contributed by atoms with Gasteiger partial charge >= 0.3 is 0 Å².